The normalized spacial score (nSPS) is 10.4. The minimum absolute atomic E-state index is 0.0902. The van der Waals surface area contributed by atoms with E-state index >= 15 is 0 Å². The Morgan fingerprint density at radius 1 is 1.48 bits per heavy atom. The molecule has 1 aromatic heterocycles. The van der Waals surface area contributed by atoms with Gasteiger partial charge in [0.2, 0.25) is 5.91 Å². The Morgan fingerprint density at radius 3 is 2.95 bits per heavy atom. The lowest BCUT2D eigenvalue weighted by Crippen LogP contribution is -2.13. The van der Waals surface area contributed by atoms with Gasteiger partial charge in [-0.1, -0.05) is 23.1 Å². The Balaban J connectivity index is 1.85. The van der Waals surface area contributed by atoms with E-state index in [1.54, 1.807) is 25.3 Å². The topological polar surface area (TPSA) is 90.1 Å². The van der Waals surface area contributed by atoms with Crippen molar-refractivity contribution in [2.75, 3.05) is 23.9 Å². The van der Waals surface area contributed by atoms with E-state index in [1.165, 1.54) is 23.1 Å². The number of aryl methyl sites for hydroxylation is 1. The molecule has 0 atom stereocenters. The van der Waals surface area contributed by atoms with Crippen LogP contribution in [0, 0.1) is 6.92 Å². The maximum Gasteiger partial charge on any atom is 0.225 e. The minimum Gasteiger partial charge on any atom is -0.495 e. The van der Waals surface area contributed by atoms with Gasteiger partial charge in [-0.15, -0.1) is 10.2 Å². The number of nitrogens with two attached hydrogens (primary N) is 1. The molecule has 0 aliphatic heterocycles. The zero-order valence-corrected chi connectivity index (χ0v) is 13.4. The molecule has 21 heavy (non-hydrogen) atoms. The van der Waals surface area contributed by atoms with E-state index in [1.807, 2.05) is 6.92 Å². The molecule has 1 amide bonds. The van der Waals surface area contributed by atoms with Crippen LogP contribution in [-0.2, 0) is 4.79 Å². The van der Waals surface area contributed by atoms with Crippen LogP contribution in [0.15, 0.2) is 22.5 Å². The standard InChI is InChI=1S/C13H16N4O2S2/c1-8-16-17-13(21-8)20-6-5-12(18)15-10-7-9(14)3-4-11(10)19-2/h3-4,7H,5-6,14H2,1-2H3,(H,15,18). The summed E-state index contributed by atoms with van der Waals surface area (Å²) in [6.07, 6.45) is 0.376. The van der Waals surface area contributed by atoms with E-state index in [0.717, 1.165) is 9.35 Å². The van der Waals surface area contributed by atoms with Crippen LogP contribution in [0.1, 0.15) is 11.4 Å². The fourth-order valence-electron chi connectivity index (χ4n) is 1.60. The molecule has 1 heterocycles. The zero-order chi connectivity index (χ0) is 15.2. The first kappa shape index (κ1) is 15.6. The summed E-state index contributed by atoms with van der Waals surface area (Å²) in [5.41, 5.74) is 6.87. The number of hydrogen-bond acceptors (Lipinski definition) is 7. The van der Waals surface area contributed by atoms with E-state index in [9.17, 15) is 4.79 Å². The number of thioether (sulfide) groups is 1. The number of carbonyl (C=O) groups is 1. The molecule has 112 valence electrons. The molecule has 0 bridgehead atoms. The van der Waals surface area contributed by atoms with Crippen LogP contribution in [0.3, 0.4) is 0 Å². The summed E-state index contributed by atoms with van der Waals surface area (Å²) in [5.74, 6) is 1.14. The third kappa shape index (κ3) is 4.61. The highest BCUT2D eigenvalue weighted by Crippen LogP contribution is 2.27. The quantitative estimate of drug-likeness (QED) is 0.627. The molecular weight excluding hydrogens is 308 g/mol. The van der Waals surface area contributed by atoms with Crippen molar-refractivity contribution in [2.45, 2.75) is 17.7 Å². The molecule has 0 saturated carbocycles. The van der Waals surface area contributed by atoms with Crippen LogP contribution in [0.5, 0.6) is 5.75 Å². The summed E-state index contributed by atoms with van der Waals surface area (Å²) in [7, 11) is 1.55. The van der Waals surface area contributed by atoms with Gasteiger partial charge in [-0.3, -0.25) is 4.79 Å². The van der Waals surface area contributed by atoms with Gasteiger partial charge in [-0.05, 0) is 25.1 Å². The van der Waals surface area contributed by atoms with Crippen molar-refractivity contribution >= 4 is 40.4 Å². The van der Waals surface area contributed by atoms with E-state index in [-0.39, 0.29) is 5.91 Å². The van der Waals surface area contributed by atoms with Gasteiger partial charge >= 0.3 is 0 Å². The van der Waals surface area contributed by atoms with Gasteiger partial charge in [-0.25, -0.2) is 0 Å². The second-order valence-corrected chi connectivity index (χ2v) is 6.72. The maximum atomic E-state index is 11.9. The lowest BCUT2D eigenvalue weighted by Gasteiger charge is -2.10. The number of nitrogens with one attached hydrogen (secondary N) is 1. The summed E-state index contributed by atoms with van der Waals surface area (Å²) in [4.78, 5) is 11.9. The van der Waals surface area contributed by atoms with Crippen molar-refractivity contribution in [3.63, 3.8) is 0 Å². The van der Waals surface area contributed by atoms with Crippen LogP contribution in [-0.4, -0.2) is 29.0 Å². The molecule has 0 fully saturated rings. The molecule has 0 radical (unpaired) electrons. The van der Waals surface area contributed by atoms with Crippen LogP contribution >= 0.6 is 23.1 Å². The summed E-state index contributed by atoms with van der Waals surface area (Å²) in [6, 6.07) is 5.13. The number of aromatic nitrogens is 2. The molecule has 8 heteroatoms. The molecule has 0 aliphatic carbocycles. The third-order valence-electron chi connectivity index (χ3n) is 2.56. The number of nitrogen functional groups attached to an aromatic ring is 1. The monoisotopic (exact) mass is 324 g/mol. The number of benzene rings is 1. The van der Waals surface area contributed by atoms with Gasteiger partial charge < -0.3 is 15.8 Å². The van der Waals surface area contributed by atoms with Crippen molar-refractivity contribution in [3.05, 3.63) is 23.2 Å². The molecule has 0 spiro atoms. The van der Waals surface area contributed by atoms with E-state index < -0.39 is 0 Å². The number of nitrogens with zero attached hydrogens (tertiary/aromatic N) is 2. The SMILES string of the molecule is COc1ccc(N)cc1NC(=O)CCSc1nnc(C)s1. The summed E-state index contributed by atoms with van der Waals surface area (Å²) in [6.45, 7) is 1.90. The number of anilines is 2. The Morgan fingerprint density at radius 2 is 2.29 bits per heavy atom. The lowest BCUT2D eigenvalue weighted by molar-refractivity contribution is -0.115. The first-order valence-corrected chi connectivity index (χ1v) is 8.05. The Bertz CT molecular complexity index is 630. The molecule has 0 saturated heterocycles. The largest absolute Gasteiger partial charge is 0.495 e. The highest BCUT2D eigenvalue weighted by molar-refractivity contribution is 8.01. The van der Waals surface area contributed by atoms with E-state index in [0.29, 0.717) is 29.3 Å². The van der Waals surface area contributed by atoms with E-state index in [2.05, 4.69) is 15.5 Å². The predicted molar refractivity (Wildman–Crippen MR) is 86.0 cm³/mol. The third-order valence-corrected chi connectivity index (χ3v) is 4.53. The Labute approximate surface area is 131 Å². The van der Waals surface area contributed by atoms with E-state index in [4.69, 9.17) is 10.5 Å². The molecule has 0 aliphatic rings. The Kier molecular flexibility index (Phi) is 5.40. The molecule has 1 aromatic carbocycles. The molecule has 0 unspecified atom stereocenters. The van der Waals surface area contributed by atoms with Crippen molar-refractivity contribution in [3.8, 4) is 5.75 Å². The molecule has 2 aromatic rings. The van der Waals surface area contributed by atoms with Gasteiger partial charge in [0.1, 0.15) is 10.8 Å². The molecular formula is C13H16N4O2S2. The smallest absolute Gasteiger partial charge is 0.225 e. The average Bonchev–Trinajstić information content (AvgIpc) is 2.85. The fourth-order valence-corrected chi connectivity index (χ4v) is 3.43. The van der Waals surface area contributed by atoms with Crippen molar-refractivity contribution < 1.29 is 9.53 Å². The van der Waals surface area contributed by atoms with Crippen molar-refractivity contribution in [1.29, 1.82) is 0 Å². The average molecular weight is 324 g/mol. The van der Waals surface area contributed by atoms with Crippen molar-refractivity contribution in [1.82, 2.24) is 10.2 Å². The second-order valence-electron chi connectivity index (χ2n) is 4.19. The highest BCUT2D eigenvalue weighted by Gasteiger charge is 2.09. The van der Waals surface area contributed by atoms with Crippen LogP contribution in [0.2, 0.25) is 0 Å². The maximum absolute atomic E-state index is 11.9. The van der Waals surface area contributed by atoms with Gasteiger partial charge in [0.05, 0.1) is 12.8 Å². The zero-order valence-electron chi connectivity index (χ0n) is 11.8. The number of hydrogen-bond donors (Lipinski definition) is 2. The summed E-state index contributed by atoms with van der Waals surface area (Å²) < 4.78 is 6.06. The first-order valence-electron chi connectivity index (χ1n) is 6.25. The van der Waals surface area contributed by atoms with Crippen LogP contribution < -0.4 is 15.8 Å². The Hall–Kier alpha value is -1.80. The predicted octanol–water partition coefficient (Wildman–Crippen LogP) is 2.56. The number of amides is 1. The van der Waals surface area contributed by atoms with Crippen LogP contribution in [0.25, 0.3) is 0 Å². The van der Waals surface area contributed by atoms with Gasteiger partial charge in [0.15, 0.2) is 4.34 Å². The van der Waals surface area contributed by atoms with Crippen LogP contribution in [0.4, 0.5) is 11.4 Å². The van der Waals surface area contributed by atoms with Gasteiger partial charge in [-0.2, -0.15) is 0 Å². The summed E-state index contributed by atoms with van der Waals surface area (Å²) in [5, 5.41) is 11.7. The first-order chi connectivity index (χ1) is 10.1. The second kappa shape index (κ2) is 7.28. The fraction of sp³-hybridized carbons (Fsp3) is 0.308. The lowest BCUT2D eigenvalue weighted by atomic mass is 10.2. The number of rotatable bonds is 6. The van der Waals surface area contributed by atoms with Gasteiger partial charge in [0, 0.05) is 17.9 Å². The van der Waals surface area contributed by atoms with Gasteiger partial charge in [0.25, 0.3) is 0 Å². The molecule has 3 N–H and O–H groups in total. The highest BCUT2D eigenvalue weighted by atomic mass is 32.2. The molecule has 6 nitrogen and oxygen atoms in total. The number of carbonyl (C=O) groups excluding carboxylic acids is 1. The number of ether oxygens (including phenoxy) is 1. The minimum atomic E-state index is -0.0902. The molecule has 2 rings (SSSR count). The summed E-state index contributed by atoms with van der Waals surface area (Å²) >= 11 is 3.05. The number of methoxy groups -OCH3 is 1. The van der Waals surface area contributed by atoms with Crippen molar-refractivity contribution in [2.24, 2.45) is 0 Å².